The normalized spacial score (nSPS) is 18.5. The highest BCUT2D eigenvalue weighted by molar-refractivity contribution is 6.30. The molecular formula is C14H14ClN3O. The Morgan fingerprint density at radius 2 is 2.16 bits per heavy atom. The van der Waals surface area contributed by atoms with E-state index in [2.05, 4.69) is 21.8 Å². The van der Waals surface area contributed by atoms with Crippen molar-refractivity contribution >= 4 is 34.0 Å². The summed E-state index contributed by atoms with van der Waals surface area (Å²) in [7, 11) is 0. The largest absolute Gasteiger partial charge is 0.353 e. The average Bonchev–Trinajstić information content (AvgIpc) is 2.36. The van der Waals surface area contributed by atoms with Gasteiger partial charge in [-0.05, 0) is 26.3 Å². The van der Waals surface area contributed by atoms with E-state index < -0.39 is 0 Å². The zero-order valence-electron chi connectivity index (χ0n) is 10.9. The number of ketones is 1. The molecule has 4 nitrogen and oxygen atoms in total. The number of anilines is 1. The summed E-state index contributed by atoms with van der Waals surface area (Å²) in [6.07, 6.45) is 4.51. The lowest BCUT2D eigenvalue weighted by Crippen LogP contribution is -2.46. The highest BCUT2D eigenvalue weighted by Crippen LogP contribution is 2.33. The monoisotopic (exact) mass is 275 g/mol. The molecule has 0 unspecified atom stereocenters. The van der Waals surface area contributed by atoms with Crippen molar-refractivity contribution in [3.05, 3.63) is 29.2 Å². The maximum absolute atomic E-state index is 11.7. The van der Waals surface area contributed by atoms with Crippen LogP contribution in [0.15, 0.2) is 18.5 Å². The van der Waals surface area contributed by atoms with Crippen LogP contribution in [0.4, 0.5) is 5.82 Å². The summed E-state index contributed by atoms with van der Waals surface area (Å²) >= 11 is 5.95. The van der Waals surface area contributed by atoms with Gasteiger partial charge in [0.25, 0.3) is 0 Å². The summed E-state index contributed by atoms with van der Waals surface area (Å²) in [6, 6.07) is 2.22. The first-order valence-corrected chi connectivity index (χ1v) is 6.67. The van der Waals surface area contributed by atoms with Gasteiger partial charge < -0.3 is 4.90 Å². The summed E-state index contributed by atoms with van der Waals surface area (Å²) in [5.74, 6) is 0.880. The van der Waals surface area contributed by atoms with Gasteiger partial charge in [0.2, 0.25) is 0 Å². The molecule has 0 amide bonds. The summed E-state index contributed by atoms with van der Waals surface area (Å²) in [5, 5.41) is 2.11. The Hall–Kier alpha value is -1.68. The third-order valence-electron chi connectivity index (χ3n) is 3.69. The number of carbonyl (C=O) groups is 1. The fourth-order valence-electron chi connectivity index (χ4n) is 2.44. The van der Waals surface area contributed by atoms with Crippen molar-refractivity contribution < 1.29 is 4.79 Å². The molecule has 1 aliphatic heterocycles. The summed E-state index contributed by atoms with van der Waals surface area (Å²) in [5.41, 5.74) is 0.594. The lowest BCUT2D eigenvalue weighted by molar-refractivity contribution is 0.101. The van der Waals surface area contributed by atoms with E-state index in [1.54, 1.807) is 18.5 Å². The van der Waals surface area contributed by atoms with Crippen LogP contribution in [0.25, 0.3) is 10.8 Å². The molecule has 0 spiro atoms. The smallest absolute Gasteiger partial charge is 0.161 e. The lowest BCUT2D eigenvalue weighted by Gasteiger charge is -2.40. The van der Waals surface area contributed by atoms with Crippen molar-refractivity contribution in [1.29, 1.82) is 0 Å². The molecule has 3 rings (SSSR count). The number of hydrogen-bond donors (Lipinski definition) is 0. The molecule has 0 bridgehead atoms. The van der Waals surface area contributed by atoms with Crippen LogP contribution in [0.1, 0.15) is 30.6 Å². The summed E-state index contributed by atoms with van der Waals surface area (Å²) in [6.45, 7) is 4.70. The van der Waals surface area contributed by atoms with Crippen molar-refractivity contribution in [2.75, 3.05) is 11.4 Å². The van der Waals surface area contributed by atoms with Gasteiger partial charge in [-0.3, -0.25) is 4.79 Å². The number of rotatable bonds is 2. The molecule has 2 aromatic rings. The van der Waals surface area contributed by atoms with Crippen molar-refractivity contribution in [3.8, 4) is 0 Å². The maximum Gasteiger partial charge on any atom is 0.161 e. The van der Waals surface area contributed by atoms with E-state index in [0.717, 1.165) is 23.1 Å². The first-order valence-electron chi connectivity index (χ1n) is 6.30. The Bertz CT molecular complexity index is 671. The number of fused-ring (bicyclic) bond motifs is 1. The average molecular weight is 276 g/mol. The van der Waals surface area contributed by atoms with Gasteiger partial charge in [-0.25, -0.2) is 9.97 Å². The van der Waals surface area contributed by atoms with Gasteiger partial charge in [-0.2, -0.15) is 0 Å². The lowest BCUT2D eigenvalue weighted by atomic mass is 10.0. The van der Waals surface area contributed by atoms with E-state index in [0.29, 0.717) is 16.8 Å². The topological polar surface area (TPSA) is 46.1 Å². The molecule has 1 saturated heterocycles. The second kappa shape index (κ2) is 4.46. The van der Waals surface area contributed by atoms with E-state index >= 15 is 0 Å². The van der Waals surface area contributed by atoms with E-state index in [1.807, 2.05) is 0 Å². The number of aromatic nitrogens is 2. The molecule has 98 valence electrons. The number of halogens is 1. The Kier molecular flexibility index (Phi) is 2.90. The zero-order valence-corrected chi connectivity index (χ0v) is 11.6. The quantitative estimate of drug-likeness (QED) is 0.624. The van der Waals surface area contributed by atoms with E-state index in [1.165, 1.54) is 13.3 Å². The minimum absolute atomic E-state index is 0.0111. The van der Waals surface area contributed by atoms with Gasteiger partial charge in [0.1, 0.15) is 11.0 Å². The Balaban J connectivity index is 2.26. The number of carbonyl (C=O) groups excluding carboxylic acids is 1. The van der Waals surface area contributed by atoms with Crippen LogP contribution in [0.2, 0.25) is 5.15 Å². The first-order chi connectivity index (χ1) is 9.08. The van der Waals surface area contributed by atoms with Gasteiger partial charge in [-0.1, -0.05) is 11.6 Å². The van der Waals surface area contributed by atoms with Gasteiger partial charge in [0.15, 0.2) is 5.78 Å². The van der Waals surface area contributed by atoms with Gasteiger partial charge in [0.05, 0.1) is 0 Å². The molecule has 0 N–H and O–H groups in total. The fraction of sp³-hybridized carbons (Fsp3) is 0.357. The highest BCUT2D eigenvalue weighted by atomic mass is 35.5. The molecular weight excluding hydrogens is 262 g/mol. The molecule has 19 heavy (non-hydrogen) atoms. The SMILES string of the molecule is CC(=O)c1cnc(N2CC[C@H]2C)c2cnc(Cl)cc12. The Morgan fingerprint density at radius 1 is 1.37 bits per heavy atom. The van der Waals surface area contributed by atoms with Crippen LogP contribution in [-0.2, 0) is 0 Å². The number of hydrogen-bond acceptors (Lipinski definition) is 4. The van der Waals surface area contributed by atoms with Crippen molar-refractivity contribution in [2.45, 2.75) is 26.3 Å². The fourth-order valence-corrected chi connectivity index (χ4v) is 2.59. The molecule has 1 fully saturated rings. The van der Waals surface area contributed by atoms with E-state index in [-0.39, 0.29) is 5.78 Å². The molecule has 0 radical (unpaired) electrons. The van der Waals surface area contributed by atoms with Crippen LogP contribution in [-0.4, -0.2) is 28.3 Å². The molecule has 1 aliphatic rings. The Labute approximate surface area is 116 Å². The summed E-state index contributed by atoms with van der Waals surface area (Å²) in [4.78, 5) is 22.5. The standard InChI is InChI=1S/C14H14ClN3O/c1-8-3-4-18(8)14-12-7-16-13(15)5-10(12)11(6-17-14)9(2)19/h5-8H,3-4H2,1-2H3/t8-/m1/s1. The first kappa shape index (κ1) is 12.4. The highest BCUT2D eigenvalue weighted by Gasteiger charge is 2.27. The van der Waals surface area contributed by atoms with E-state index in [9.17, 15) is 4.79 Å². The zero-order chi connectivity index (χ0) is 13.6. The van der Waals surface area contributed by atoms with E-state index in [4.69, 9.17) is 11.6 Å². The van der Waals surface area contributed by atoms with Crippen molar-refractivity contribution in [3.63, 3.8) is 0 Å². The number of pyridine rings is 2. The molecule has 0 aromatic carbocycles. The molecule has 2 aromatic heterocycles. The van der Waals surface area contributed by atoms with Crippen LogP contribution >= 0.6 is 11.6 Å². The van der Waals surface area contributed by atoms with Gasteiger partial charge in [0, 0.05) is 41.3 Å². The maximum atomic E-state index is 11.7. The molecule has 3 heterocycles. The minimum atomic E-state index is -0.0111. The van der Waals surface area contributed by atoms with Crippen molar-refractivity contribution in [1.82, 2.24) is 9.97 Å². The second-order valence-electron chi connectivity index (χ2n) is 4.94. The molecule has 0 aliphatic carbocycles. The predicted octanol–water partition coefficient (Wildman–Crippen LogP) is 3.08. The van der Waals surface area contributed by atoms with Gasteiger partial charge in [-0.15, -0.1) is 0 Å². The predicted molar refractivity (Wildman–Crippen MR) is 76.0 cm³/mol. The second-order valence-corrected chi connectivity index (χ2v) is 5.32. The van der Waals surface area contributed by atoms with Gasteiger partial charge >= 0.3 is 0 Å². The van der Waals surface area contributed by atoms with Crippen LogP contribution in [0, 0.1) is 0 Å². The molecule has 1 atom stereocenters. The van der Waals surface area contributed by atoms with Crippen LogP contribution < -0.4 is 4.90 Å². The minimum Gasteiger partial charge on any atom is -0.353 e. The molecule has 5 heteroatoms. The molecule has 0 saturated carbocycles. The summed E-state index contributed by atoms with van der Waals surface area (Å²) < 4.78 is 0. The van der Waals surface area contributed by atoms with Crippen LogP contribution in [0.3, 0.4) is 0 Å². The van der Waals surface area contributed by atoms with Crippen LogP contribution in [0.5, 0.6) is 0 Å². The number of Topliss-reactive ketones (excluding diaryl/α,β-unsaturated/α-hetero) is 1. The van der Waals surface area contributed by atoms with Crippen molar-refractivity contribution in [2.24, 2.45) is 0 Å². The number of nitrogens with zero attached hydrogens (tertiary/aromatic N) is 3. The third kappa shape index (κ3) is 1.96. The third-order valence-corrected chi connectivity index (χ3v) is 3.90. The Morgan fingerprint density at radius 3 is 2.74 bits per heavy atom.